The van der Waals surface area contributed by atoms with Crippen molar-refractivity contribution in [2.45, 2.75) is 70.1 Å². The molecule has 1 aromatic carbocycles. The lowest BCUT2D eigenvalue weighted by Gasteiger charge is -2.25. The van der Waals surface area contributed by atoms with Gasteiger partial charge in [-0.05, 0) is 55.2 Å². The van der Waals surface area contributed by atoms with Gasteiger partial charge in [-0.15, -0.1) is 0 Å². The lowest BCUT2D eigenvalue weighted by molar-refractivity contribution is -0.142. The van der Waals surface area contributed by atoms with E-state index in [0.717, 1.165) is 16.5 Å². The Labute approximate surface area is 237 Å². The Morgan fingerprint density at radius 3 is 2.12 bits per heavy atom. The number of nitrogens with one attached hydrogen (secondary N) is 4. The molecule has 13 heteroatoms. The summed E-state index contributed by atoms with van der Waals surface area (Å²) < 4.78 is 0. The summed E-state index contributed by atoms with van der Waals surface area (Å²) in [5.41, 5.74) is 7.84. The molecule has 4 atom stereocenters. The molecule has 2 rings (SSSR count). The number of carbonyl (C=O) groups is 5. The van der Waals surface area contributed by atoms with Crippen molar-refractivity contribution in [2.75, 3.05) is 12.0 Å². The predicted molar refractivity (Wildman–Crippen MR) is 153 cm³/mol. The van der Waals surface area contributed by atoms with Gasteiger partial charge in [-0.25, -0.2) is 4.79 Å². The van der Waals surface area contributed by atoms with E-state index in [1.54, 1.807) is 6.20 Å². The first-order chi connectivity index (χ1) is 18.9. The first kappa shape index (κ1) is 32.6. The van der Waals surface area contributed by atoms with Gasteiger partial charge in [0.2, 0.25) is 17.7 Å². The van der Waals surface area contributed by atoms with Gasteiger partial charge in [-0.1, -0.05) is 32.0 Å². The van der Waals surface area contributed by atoms with E-state index in [0.29, 0.717) is 5.75 Å². The topological polar surface area (TPSA) is 204 Å². The van der Waals surface area contributed by atoms with Crippen LogP contribution >= 0.6 is 11.8 Å². The van der Waals surface area contributed by atoms with E-state index in [4.69, 9.17) is 5.73 Å². The van der Waals surface area contributed by atoms with E-state index in [9.17, 15) is 34.2 Å². The molecule has 3 amide bonds. The number of aromatic nitrogens is 1. The fraction of sp³-hybridized carbons (Fsp3) is 0.519. The first-order valence-electron chi connectivity index (χ1n) is 13.1. The number of H-pyrrole nitrogens is 1. The molecule has 0 saturated heterocycles. The minimum atomic E-state index is -1.27. The second kappa shape index (κ2) is 15.9. The predicted octanol–water partition coefficient (Wildman–Crippen LogP) is 1.24. The monoisotopic (exact) mass is 577 g/mol. The number of amides is 3. The number of aromatic amines is 1. The zero-order valence-electron chi connectivity index (χ0n) is 22.9. The van der Waals surface area contributed by atoms with Gasteiger partial charge in [0.15, 0.2) is 0 Å². The number of para-hydroxylation sites is 1. The number of fused-ring (bicyclic) bond motifs is 1. The summed E-state index contributed by atoms with van der Waals surface area (Å²) in [6.07, 6.45) is 3.52. The number of carboxylic acid groups (broad SMARTS) is 2. The number of thioether (sulfide) groups is 1. The molecule has 1 heterocycles. The quantitative estimate of drug-likeness (QED) is 0.144. The lowest BCUT2D eigenvalue weighted by Crippen LogP contribution is -2.57. The van der Waals surface area contributed by atoms with E-state index in [-0.39, 0.29) is 31.6 Å². The Morgan fingerprint density at radius 1 is 0.925 bits per heavy atom. The molecule has 8 N–H and O–H groups in total. The Balaban J connectivity index is 2.14. The Kier molecular flexibility index (Phi) is 12.9. The lowest BCUT2D eigenvalue weighted by atomic mass is 10.0. The van der Waals surface area contributed by atoms with Crippen LogP contribution in [0.25, 0.3) is 10.9 Å². The average Bonchev–Trinajstić information content (AvgIpc) is 3.30. The second-order valence-corrected chi connectivity index (χ2v) is 11.0. The number of hydrogen-bond acceptors (Lipinski definition) is 7. The molecule has 0 aliphatic heterocycles. The molecule has 0 aliphatic carbocycles. The third kappa shape index (κ3) is 10.2. The van der Waals surface area contributed by atoms with Crippen LogP contribution in [0.1, 0.15) is 45.1 Å². The van der Waals surface area contributed by atoms with E-state index < -0.39 is 60.2 Å². The normalized spacial score (nSPS) is 14.2. The largest absolute Gasteiger partial charge is 0.481 e. The molecule has 0 spiro atoms. The third-order valence-electron chi connectivity index (χ3n) is 6.30. The van der Waals surface area contributed by atoms with Crippen molar-refractivity contribution >= 4 is 52.3 Å². The minimum Gasteiger partial charge on any atom is -0.481 e. The standard InChI is InChI=1S/C27H39N5O7S/c1-15(2)12-22(27(38)39)32-26(37)21(10-11-40-3)31-25(36)20(8-9-23(33)34)30-24(35)18(28)13-16-14-29-19-7-5-4-6-17(16)19/h4-7,14-15,18,20-22,29H,8-13,28H2,1-3H3,(H,30,35)(H,31,36)(H,32,37)(H,33,34)(H,38,39). The number of nitrogens with two attached hydrogens (primary N) is 1. The maximum atomic E-state index is 13.2. The summed E-state index contributed by atoms with van der Waals surface area (Å²) in [7, 11) is 0. The van der Waals surface area contributed by atoms with Crippen molar-refractivity contribution < 1.29 is 34.2 Å². The summed E-state index contributed by atoms with van der Waals surface area (Å²) >= 11 is 1.44. The molecule has 1 aromatic heterocycles. The smallest absolute Gasteiger partial charge is 0.326 e. The zero-order chi connectivity index (χ0) is 29.8. The Bertz CT molecular complexity index is 1180. The molecule has 0 saturated carbocycles. The molecule has 4 unspecified atom stereocenters. The number of rotatable bonds is 17. The van der Waals surface area contributed by atoms with Crippen LogP contribution in [0.3, 0.4) is 0 Å². The molecular formula is C27H39N5O7S. The van der Waals surface area contributed by atoms with Gasteiger partial charge in [-0.3, -0.25) is 19.2 Å². The summed E-state index contributed by atoms with van der Waals surface area (Å²) in [5.74, 6) is -3.94. The van der Waals surface area contributed by atoms with Crippen molar-refractivity contribution in [3.63, 3.8) is 0 Å². The second-order valence-electron chi connectivity index (χ2n) is 10.0. The number of carboxylic acids is 2. The van der Waals surface area contributed by atoms with Crippen LogP contribution in [0, 0.1) is 5.92 Å². The van der Waals surface area contributed by atoms with Crippen LogP contribution < -0.4 is 21.7 Å². The zero-order valence-corrected chi connectivity index (χ0v) is 23.8. The molecule has 0 fully saturated rings. The molecule has 12 nitrogen and oxygen atoms in total. The van der Waals surface area contributed by atoms with Gasteiger partial charge < -0.3 is 36.9 Å². The SMILES string of the molecule is CSCCC(NC(=O)C(CCC(=O)O)NC(=O)C(N)Cc1c[nH]c2ccccc12)C(=O)NC(CC(C)C)C(=O)O. The van der Waals surface area contributed by atoms with Crippen molar-refractivity contribution in [3.8, 4) is 0 Å². The van der Waals surface area contributed by atoms with Crippen LogP contribution in [0.15, 0.2) is 30.5 Å². The van der Waals surface area contributed by atoms with Crippen molar-refractivity contribution in [1.82, 2.24) is 20.9 Å². The summed E-state index contributed by atoms with van der Waals surface area (Å²) in [5, 5.41) is 27.2. The first-order valence-corrected chi connectivity index (χ1v) is 14.5. The van der Waals surface area contributed by atoms with Crippen molar-refractivity contribution in [1.29, 1.82) is 0 Å². The number of carbonyl (C=O) groups excluding carboxylic acids is 3. The Morgan fingerprint density at radius 2 is 1.52 bits per heavy atom. The van der Waals surface area contributed by atoms with Gasteiger partial charge in [0, 0.05) is 23.5 Å². The Hall–Kier alpha value is -3.58. The third-order valence-corrected chi connectivity index (χ3v) is 6.94. The molecule has 0 bridgehead atoms. The van der Waals surface area contributed by atoms with Crippen molar-refractivity contribution in [2.24, 2.45) is 11.7 Å². The van der Waals surface area contributed by atoms with Gasteiger partial charge in [-0.2, -0.15) is 11.8 Å². The molecule has 40 heavy (non-hydrogen) atoms. The highest BCUT2D eigenvalue weighted by Crippen LogP contribution is 2.19. The number of hydrogen-bond donors (Lipinski definition) is 7. The molecule has 2 aromatic rings. The highest BCUT2D eigenvalue weighted by molar-refractivity contribution is 7.98. The van der Waals surface area contributed by atoms with E-state index in [1.807, 2.05) is 44.4 Å². The van der Waals surface area contributed by atoms with E-state index >= 15 is 0 Å². The fourth-order valence-electron chi connectivity index (χ4n) is 4.19. The fourth-order valence-corrected chi connectivity index (χ4v) is 4.66. The number of benzene rings is 1. The highest BCUT2D eigenvalue weighted by Gasteiger charge is 2.31. The van der Waals surface area contributed by atoms with Crippen LogP contribution in [-0.2, 0) is 30.4 Å². The molecule has 0 aliphatic rings. The van der Waals surface area contributed by atoms with Gasteiger partial charge >= 0.3 is 11.9 Å². The summed E-state index contributed by atoms with van der Waals surface area (Å²) in [6, 6.07) is 3.01. The molecule has 220 valence electrons. The highest BCUT2D eigenvalue weighted by atomic mass is 32.2. The minimum absolute atomic E-state index is 0.00437. The molecular weight excluding hydrogens is 538 g/mol. The van der Waals surface area contributed by atoms with Crippen LogP contribution in [0.2, 0.25) is 0 Å². The van der Waals surface area contributed by atoms with Crippen molar-refractivity contribution in [3.05, 3.63) is 36.0 Å². The van der Waals surface area contributed by atoms with E-state index in [2.05, 4.69) is 20.9 Å². The average molecular weight is 578 g/mol. The van der Waals surface area contributed by atoms with Crippen LogP contribution in [0.5, 0.6) is 0 Å². The van der Waals surface area contributed by atoms with Gasteiger partial charge in [0.25, 0.3) is 0 Å². The van der Waals surface area contributed by atoms with Crippen LogP contribution in [0.4, 0.5) is 0 Å². The van der Waals surface area contributed by atoms with Gasteiger partial charge in [0.1, 0.15) is 18.1 Å². The van der Waals surface area contributed by atoms with Gasteiger partial charge in [0.05, 0.1) is 6.04 Å². The summed E-state index contributed by atoms with van der Waals surface area (Å²) in [4.78, 5) is 65.1. The van der Waals surface area contributed by atoms with Crippen LogP contribution in [-0.4, -0.2) is 81.0 Å². The van der Waals surface area contributed by atoms with E-state index in [1.165, 1.54) is 11.8 Å². The maximum absolute atomic E-state index is 13.2. The maximum Gasteiger partial charge on any atom is 0.326 e. The molecule has 0 radical (unpaired) electrons. The number of aliphatic carboxylic acids is 2. The summed E-state index contributed by atoms with van der Waals surface area (Å²) in [6.45, 7) is 3.65.